The number of aliphatic hydroxyl groups excluding tert-OH is 1. The van der Waals surface area contributed by atoms with Crippen LogP contribution >= 0.6 is 0 Å². The zero-order valence-electron chi connectivity index (χ0n) is 10.9. The van der Waals surface area contributed by atoms with E-state index in [1.54, 1.807) is 18.2 Å². The molecule has 0 aliphatic heterocycles. The number of aromatic amines is 2. The van der Waals surface area contributed by atoms with E-state index in [2.05, 4.69) is 9.97 Å². The summed E-state index contributed by atoms with van der Waals surface area (Å²) < 4.78 is 26.7. The highest BCUT2D eigenvalue weighted by molar-refractivity contribution is 5.75. The zero-order chi connectivity index (χ0) is 15.0. The van der Waals surface area contributed by atoms with Gasteiger partial charge in [0.1, 0.15) is 0 Å². The van der Waals surface area contributed by atoms with E-state index in [4.69, 9.17) is 0 Å². The molecular formula is C15H12F2N2O2. The van der Waals surface area contributed by atoms with E-state index in [9.17, 15) is 18.7 Å². The predicted molar refractivity (Wildman–Crippen MR) is 73.9 cm³/mol. The van der Waals surface area contributed by atoms with Gasteiger partial charge in [-0.2, -0.15) is 0 Å². The minimum atomic E-state index is -0.996. The Morgan fingerprint density at radius 2 is 1.86 bits per heavy atom. The summed E-state index contributed by atoms with van der Waals surface area (Å²) >= 11 is 0. The van der Waals surface area contributed by atoms with Gasteiger partial charge in [0.05, 0.1) is 17.1 Å². The second-order valence-corrected chi connectivity index (χ2v) is 4.82. The van der Waals surface area contributed by atoms with Gasteiger partial charge in [-0.15, -0.1) is 0 Å². The standard InChI is InChI=1S/C15H12F2N2O2/c16-10-3-1-2-9(14(10)17)7-13(20)8-4-5-11-12(6-8)19-15(21)18-11/h1-6,13,20H,7H2,(H2,18,19,21). The van der Waals surface area contributed by atoms with Gasteiger partial charge in [-0.25, -0.2) is 13.6 Å². The molecule has 0 bridgehead atoms. The Balaban J connectivity index is 1.91. The molecule has 0 saturated carbocycles. The maximum atomic E-state index is 13.6. The Morgan fingerprint density at radius 1 is 1.10 bits per heavy atom. The molecule has 0 amide bonds. The Labute approximate surface area is 118 Å². The smallest absolute Gasteiger partial charge is 0.323 e. The van der Waals surface area contributed by atoms with E-state index in [0.717, 1.165) is 6.07 Å². The lowest BCUT2D eigenvalue weighted by Gasteiger charge is -2.12. The molecule has 6 heteroatoms. The number of hydrogen-bond donors (Lipinski definition) is 3. The van der Waals surface area contributed by atoms with Crippen LogP contribution in [0, 0.1) is 11.6 Å². The summed E-state index contributed by atoms with van der Waals surface area (Å²) in [6.45, 7) is 0. The number of imidazole rings is 1. The van der Waals surface area contributed by atoms with Crippen LogP contribution in [0.2, 0.25) is 0 Å². The molecular weight excluding hydrogens is 278 g/mol. The number of rotatable bonds is 3. The average Bonchev–Trinajstić information content (AvgIpc) is 2.82. The third-order valence-electron chi connectivity index (χ3n) is 3.37. The molecule has 0 radical (unpaired) electrons. The number of aromatic nitrogens is 2. The van der Waals surface area contributed by atoms with Crippen molar-refractivity contribution in [2.45, 2.75) is 12.5 Å². The van der Waals surface area contributed by atoms with Crippen molar-refractivity contribution in [1.29, 1.82) is 0 Å². The fourth-order valence-corrected chi connectivity index (χ4v) is 2.29. The first kappa shape index (κ1) is 13.5. The van der Waals surface area contributed by atoms with E-state index < -0.39 is 17.7 Å². The molecule has 1 heterocycles. The van der Waals surface area contributed by atoms with Gasteiger partial charge in [-0.05, 0) is 29.3 Å². The van der Waals surface area contributed by atoms with E-state index in [1.165, 1.54) is 12.1 Å². The van der Waals surface area contributed by atoms with Crippen molar-refractivity contribution in [2.24, 2.45) is 0 Å². The van der Waals surface area contributed by atoms with Crippen molar-refractivity contribution in [2.75, 3.05) is 0 Å². The maximum absolute atomic E-state index is 13.6. The number of aliphatic hydroxyl groups is 1. The highest BCUT2D eigenvalue weighted by Crippen LogP contribution is 2.23. The van der Waals surface area contributed by atoms with Crippen LogP contribution in [0.5, 0.6) is 0 Å². The molecule has 1 unspecified atom stereocenters. The van der Waals surface area contributed by atoms with Gasteiger partial charge in [0.25, 0.3) is 0 Å². The fraction of sp³-hybridized carbons (Fsp3) is 0.133. The molecule has 0 fully saturated rings. The van der Waals surface area contributed by atoms with Crippen molar-refractivity contribution < 1.29 is 13.9 Å². The van der Waals surface area contributed by atoms with Crippen LogP contribution in [-0.2, 0) is 6.42 Å². The van der Waals surface area contributed by atoms with Gasteiger partial charge in [-0.3, -0.25) is 0 Å². The highest BCUT2D eigenvalue weighted by Gasteiger charge is 2.14. The summed E-state index contributed by atoms with van der Waals surface area (Å²) in [5.41, 5.74) is 1.45. The lowest BCUT2D eigenvalue weighted by molar-refractivity contribution is 0.177. The summed E-state index contributed by atoms with van der Waals surface area (Å²) in [5, 5.41) is 10.2. The molecule has 0 spiro atoms. The van der Waals surface area contributed by atoms with Crippen molar-refractivity contribution >= 4 is 11.0 Å². The summed E-state index contributed by atoms with van der Waals surface area (Å²) in [7, 11) is 0. The van der Waals surface area contributed by atoms with Gasteiger partial charge in [0.2, 0.25) is 0 Å². The Morgan fingerprint density at radius 3 is 2.67 bits per heavy atom. The van der Waals surface area contributed by atoms with E-state index in [-0.39, 0.29) is 17.7 Å². The molecule has 3 rings (SSSR count). The average molecular weight is 290 g/mol. The summed E-state index contributed by atoms with van der Waals surface area (Å²) in [5.74, 6) is -1.89. The molecule has 4 nitrogen and oxygen atoms in total. The van der Waals surface area contributed by atoms with Gasteiger partial charge in [0, 0.05) is 6.42 Å². The van der Waals surface area contributed by atoms with E-state index >= 15 is 0 Å². The van der Waals surface area contributed by atoms with Crippen LogP contribution in [-0.4, -0.2) is 15.1 Å². The first-order valence-electron chi connectivity index (χ1n) is 6.37. The minimum absolute atomic E-state index is 0.0518. The Bertz CT molecular complexity index is 854. The molecule has 2 aromatic carbocycles. The maximum Gasteiger partial charge on any atom is 0.323 e. The molecule has 21 heavy (non-hydrogen) atoms. The van der Waals surface area contributed by atoms with Crippen molar-refractivity contribution in [3.8, 4) is 0 Å². The van der Waals surface area contributed by atoms with Gasteiger partial charge in [-0.1, -0.05) is 18.2 Å². The first-order valence-corrected chi connectivity index (χ1v) is 6.37. The van der Waals surface area contributed by atoms with E-state index in [0.29, 0.717) is 16.6 Å². The number of hydrogen-bond acceptors (Lipinski definition) is 2. The number of H-pyrrole nitrogens is 2. The lowest BCUT2D eigenvalue weighted by atomic mass is 10.0. The molecule has 0 aliphatic carbocycles. The van der Waals surface area contributed by atoms with Crippen LogP contribution in [0.15, 0.2) is 41.2 Å². The monoisotopic (exact) mass is 290 g/mol. The van der Waals surface area contributed by atoms with Crippen molar-refractivity contribution in [3.05, 3.63) is 69.6 Å². The van der Waals surface area contributed by atoms with Crippen LogP contribution in [0.1, 0.15) is 17.2 Å². The van der Waals surface area contributed by atoms with Crippen LogP contribution in [0.25, 0.3) is 11.0 Å². The summed E-state index contributed by atoms with van der Waals surface area (Å²) in [6.07, 6.45) is -1.05. The second-order valence-electron chi connectivity index (χ2n) is 4.82. The normalized spacial score (nSPS) is 12.7. The topological polar surface area (TPSA) is 68.9 Å². The van der Waals surface area contributed by atoms with Crippen LogP contribution < -0.4 is 5.69 Å². The Kier molecular flexibility index (Phi) is 3.31. The molecule has 1 atom stereocenters. The number of fused-ring (bicyclic) bond motifs is 1. The SMILES string of the molecule is O=c1[nH]c2ccc(C(O)Cc3cccc(F)c3F)cc2[nH]1. The second kappa shape index (κ2) is 5.14. The lowest BCUT2D eigenvalue weighted by Crippen LogP contribution is -2.04. The van der Waals surface area contributed by atoms with Crippen molar-refractivity contribution in [1.82, 2.24) is 9.97 Å². The van der Waals surface area contributed by atoms with Gasteiger partial charge >= 0.3 is 5.69 Å². The molecule has 108 valence electrons. The van der Waals surface area contributed by atoms with Crippen molar-refractivity contribution in [3.63, 3.8) is 0 Å². The van der Waals surface area contributed by atoms with Crippen LogP contribution in [0.4, 0.5) is 8.78 Å². The number of halogens is 2. The zero-order valence-corrected chi connectivity index (χ0v) is 10.9. The largest absolute Gasteiger partial charge is 0.388 e. The quantitative estimate of drug-likeness (QED) is 0.693. The third-order valence-corrected chi connectivity index (χ3v) is 3.37. The third kappa shape index (κ3) is 2.57. The Hall–Kier alpha value is -2.47. The summed E-state index contributed by atoms with van der Waals surface area (Å²) in [6, 6.07) is 8.74. The minimum Gasteiger partial charge on any atom is -0.388 e. The predicted octanol–water partition coefficient (Wildman–Crippen LogP) is 2.41. The highest BCUT2D eigenvalue weighted by atomic mass is 19.2. The molecule has 0 aliphatic rings. The molecule has 1 aromatic heterocycles. The van der Waals surface area contributed by atoms with Gasteiger partial charge < -0.3 is 15.1 Å². The van der Waals surface area contributed by atoms with Gasteiger partial charge in [0.15, 0.2) is 11.6 Å². The molecule has 0 saturated heterocycles. The fourth-order valence-electron chi connectivity index (χ4n) is 2.29. The number of benzene rings is 2. The first-order chi connectivity index (χ1) is 10.0. The molecule has 3 N–H and O–H groups in total. The number of nitrogens with one attached hydrogen (secondary N) is 2. The van der Waals surface area contributed by atoms with Crippen LogP contribution in [0.3, 0.4) is 0 Å². The van der Waals surface area contributed by atoms with E-state index in [1.807, 2.05) is 0 Å². The summed E-state index contributed by atoms with van der Waals surface area (Å²) in [4.78, 5) is 16.3. The molecule has 3 aromatic rings.